The van der Waals surface area contributed by atoms with Crippen LogP contribution in [0.3, 0.4) is 0 Å². The van der Waals surface area contributed by atoms with E-state index in [0.717, 1.165) is 17.9 Å². The van der Waals surface area contributed by atoms with Gasteiger partial charge in [0.25, 0.3) is 0 Å². The van der Waals surface area contributed by atoms with Crippen LogP contribution in [0.2, 0.25) is 0 Å². The summed E-state index contributed by atoms with van der Waals surface area (Å²) in [6, 6.07) is 12.3. The highest BCUT2D eigenvalue weighted by molar-refractivity contribution is 5.84. The SMILES string of the molecule is COCn1cc(Cc2ccc(OC)cn2)c2ccccc21. The molecule has 2 heterocycles. The fourth-order valence-corrected chi connectivity index (χ4v) is 2.54. The summed E-state index contributed by atoms with van der Waals surface area (Å²) in [6.07, 6.45) is 4.69. The summed E-state index contributed by atoms with van der Waals surface area (Å²) < 4.78 is 12.5. The lowest BCUT2D eigenvalue weighted by Crippen LogP contribution is -1.97. The Morgan fingerprint density at radius 2 is 1.95 bits per heavy atom. The van der Waals surface area contributed by atoms with Crippen molar-refractivity contribution in [3.63, 3.8) is 0 Å². The quantitative estimate of drug-likeness (QED) is 0.721. The first kappa shape index (κ1) is 13.6. The van der Waals surface area contributed by atoms with Gasteiger partial charge in [-0.25, -0.2) is 0 Å². The van der Waals surface area contributed by atoms with Crippen LogP contribution < -0.4 is 4.74 Å². The fraction of sp³-hybridized carbons (Fsp3) is 0.235. The van der Waals surface area contributed by atoms with Crippen LogP contribution in [0.4, 0.5) is 0 Å². The van der Waals surface area contributed by atoms with Gasteiger partial charge in [0.05, 0.1) is 18.8 Å². The number of fused-ring (bicyclic) bond motifs is 1. The Morgan fingerprint density at radius 1 is 1.10 bits per heavy atom. The second-order valence-corrected chi connectivity index (χ2v) is 4.93. The molecule has 0 spiro atoms. The minimum atomic E-state index is 0.552. The van der Waals surface area contributed by atoms with Gasteiger partial charge in [-0.1, -0.05) is 18.2 Å². The number of benzene rings is 1. The average Bonchev–Trinajstić information content (AvgIpc) is 2.87. The van der Waals surface area contributed by atoms with Crippen LogP contribution in [-0.4, -0.2) is 23.8 Å². The summed E-state index contributed by atoms with van der Waals surface area (Å²) in [6.45, 7) is 0.552. The Morgan fingerprint density at radius 3 is 2.67 bits per heavy atom. The Hall–Kier alpha value is -2.33. The zero-order chi connectivity index (χ0) is 14.7. The van der Waals surface area contributed by atoms with Crippen molar-refractivity contribution in [1.82, 2.24) is 9.55 Å². The fourth-order valence-electron chi connectivity index (χ4n) is 2.54. The van der Waals surface area contributed by atoms with Crippen molar-refractivity contribution < 1.29 is 9.47 Å². The van der Waals surface area contributed by atoms with Gasteiger partial charge < -0.3 is 14.0 Å². The van der Waals surface area contributed by atoms with E-state index in [-0.39, 0.29) is 0 Å². The lowest BCUT2D eigenvalue weighted by Gasteiger charge is -2.02. The van der Waals surface area contributed by atoms with Gasteiger partial charge in [0.2, 0.25) is 0 Å². The minimum Gasteiger partial charge on any atom is -0.495 e. The molecule has 0 aliphatic rings. The second-order valence-electron chi connectivity index (χ2n) is 4.93. The molecule has 0 unspecified atom stereocenters. The van der Waals surface area contributed by atoms with Crippen molar-refractivity contribution >= 4 is 10.9 Å². The van der Waals surface area contributed by atoms with Crippen LogP contribution in [0, 0.1) is 0 Å². The van der Waals surface area contributed by atoms with Gasteiger partial charge in [-0.2, -0.15) is 0 Å². The number of rotatable bonds is 5. The summed E-state index contributed by atoms with van der Waals surface area (Å²) >= 11 is 0. The van der Waals surface area contributed by atoms with Crippen molar-refractivity contribution in [3.05, 3.63) is 60.0 Å². The Labute approximate surface area is 123 Å². The maximum atomic E-state index is 5.26. The summed E-state index contributed by atoms with van der Waals surface area (Å²) in [4.78, 5) is 4.44. The van der Waals surface area contributed by atoms with Gasteiger partial charge in [-0.3, -0.25) is 4.98 Å². The van der Waals surface area contributed by atoms with Crippen molar-refractivity contribution in [2.45, 2.75) is 13.2 Å². The van der Waals surface area contributed by atoms with Crippen LogP contribution in [0.25, 0.3) is 10.9 Å². The Kier molecular flexibility index (Phi) is 3.88. The molecule has 0 saturated heterocycles. The molecule has 0 fully saturated rings. The third kappa shape index (κ3) is 2.76. The number of aromatic nitrogens is 2. The largest absolute Gasteiger partial charge is 0.495 e. The standard InChI is InChI=1S/C17H18N2O2/c1-20-12-19-11-13(16-5-3-4-6-17(16)19)9-14-7-8-15(21-2)10-18-14/h3-8,10-11H,9,12H2,1-2H3. The Bertz CT molecular complexity index is 732. The second kappa shape index (κ2) is 5.97. The van der Waals surface area contributed by atoms with Crippen molar-refractivity contribution in [3.8, 4) is 5.75 Å². The van der Waals surface area contributed by atoms with Crippen molar-refractivity contribution in [2.75, 3.05) is 14.2 Å². The third-order valence-corrected chi connectivity index (χ3v) is 3.54. The zero-order valence-corrected chi connectivity index (χ0v) is 12.2. The summed E-state index contributed by atoms with van der Waals surface area (Å²) in [7, 11) is 3.36. The normalized spacial score (nSPS) is 11.0. The van der Waals surface area contributed by atoms with Gasteiger partial charge in [0, 0.05) is 30.8 Å². The van der Waals surface area contributed by atoms with E-state index in [9.17, 15) is 0 Å². The molecule has 3 aromatic rings. The van der Waals surface area contributed by atoms with Crippen LogP contribution in [0.15, 0.2) is 48.8 Å². The first-order valence-corrected chi connectivity index (χ1v) is 6.86. The Balaban J connectivity index is 1.95. The molecule has 0 aliphatic heterocycles. The van der Waals surface area contributed by atoms with Crippen molar-refractivity contribution in [2.24, 2.45) is 0 Å². The molecule has 0 N–H and O–H groups in total. The molecule has 0 amide bonds. The number of ether oxygens (including phenoxy) is 2. The molecule has 21 heavy (non-hydrogen) atoms. The van der Waals surface area contributed by atoms with E-state index in [1.807, 2.05) is 18.2 Å². The third-order valence-electron chi connectivity index (χ3n) is 3.54. The van der Waals surface area contributed by atoms with Gasteiger partial charge in [0.15, 0.2) is 0 Å². The van der Waals surface area contributed by atoms with Gasteiger partial charge >= 0.3 is 0 Å². The predicted molar refractivity (Wildman–Crippen MR) is 82.5 cm³/mol. The van der Waals surface area contributed by atoms with E-state index in [1.54, 1.807) is 20.4 Å². The maximum absolute atomic E-state index is 5.26. The van der Waals surface area contributed by atoms with Crippen LogP contribution in [-0.2, 0) is 17.9 Å². The number of nitrogens with zero attached hydrogens (tertiary/aromatic N) is 2. The van der Waals surface area contributed by atoms with Gasteiger partial charge in [0.1, 0.15) is 12.5 Å². The van der Waals surface area contributed by atoms with Crippen LogP contribution in [0.5, 0.6) is 5.75 Å². The van der Waals surface area contributed by atoms with E-state index in [0.29, 0.717) is 6.73 Å². The number of methoxy groups -OCH3 is 2. The molecule has 3 rings (SSSR count). The molecule has 1 aromatic carbocycles. The van der Waals surface area contributed by atoms with E-state index in [1.165, 1.54) is 16.5 Å². The lowest BCUT2D eigenvalue weighted by atomic mass is 10.1. The average molecular weight is 282 g/mol. The van der Waals surface area contributed by atoms with E-state index >= 15 is 0 Å². The summed E-state index contributed by atoms with van der Waals surface area (Å²) in [5, 5.41) is 1.24. The van der Waals surface area contributed by atoms with E-state index in [2.05, 4.69) is 33.9 Å². The number of hydrogen-bond acceptors (Lipinski definition) is 3. The van der Waals surface area contributed by atoms with Crippen LogP contribution in [0.1, 0.15) is 11.3 Å². The van der Waals surface area contributed by atoms with Crippen LogP contribution >= 0.6 is 0 Å². The molecule has 0 radical (unpaired) electrons. The highest BCUT2D eigenvalue weighted by atomic mass is 16.5. The molecule has 0 bridgehead atoms. The van der Waals surface area contributed by atoms with Gasteiger partial charge in [-0.05, 0) is 23.8 Å². The van der Waals surface area contributed by atoms with Crippen molar-refractivity contribution in [1.29, 1.82) is 0 Å². The minimum absolute atomic E-state index is 0.552. The molecule has 2 aromatic heterocycles. The molecule has 0 aliphatic carbocycles. The molecule has 0 atom stereocenters. The smallest absolute Gasteiger partial charge is 0.137 e. The summed E-state index contributed by atoms with van der Waals surface area (Å²) in [5.41, 5.74) is 3.46. The highest BCUT2D eigenvalue weighted by Gasteiger charge is 2.09. The highest BCUT2D eigenvalue weighted by Crippen LogP contribution is 2.23. The monoisotopic (exact) mass is 282 g/mol. The number of pyridine rings is 1. The first-order chi connectivity index (χ1) is 10.3. The molecule has 4 nitrogen and oxygen atoms in total. The molecule has 4 heteroatoms. The maximum Gasteiger partial charge on any atom is 0.137 e. The topological polar surface area (TPSA) is 36.3 Å². The number of hydrogen-bond donors (Lipinski definition) is 0. The first-order valence-electron chi connectivity index (χ1n) is 6.86. The van der Waals surface area contributed by atoms with E-state index in [4.69, 9.17) is 9.47 Å². The van der Waals surface area contributed by atoms with E-state index < -0.39 is 0 Å². The zero-order valence-electron chi connectivity index (χ0n) is 12.2. The summed E-state index contributed by atoms with van der Waals surface area (Å²) in [5.74, 6) is 0.778. The molecule has 108 valence electrons. The predicted octanol–water partition coefficient (Wildman–Crippen LogP) is 3.24. The molecular weight excluding hydrogens is 264 g/mol. The molecular formula is C17H18N2O2. The lowest BCUT2D eigenvalue weighted by molar-refractivity contribution is 0.135. The number of para-hydroxylation sites is 1. The molecule has 0 saturated carbocycles. The van der Waals surface area contributed by atoms with Gasteiger partial charge in [-0.15, -0.1) is 0 Å².